The second-order valence-corrected chi connectivity index (χ2v) is 6.18. The first-order valence-electron chi connectivity index (χ1n) is 7.95. The molecule has 3 heterocycles. The molecule has 2 aliphatic heterocycles. The molecule has 2 unspecified atom stereocenters. The maximum absolute atomic E-state index is 6.07. The van der Waals surface area contributed by atoms with Gasteiger partial charge in [-0.15, -0.1) is 0 Å². The number of ether oxygens (including phenoxy) is 1. The highest BCUT2D eigenvalue weighted by Crippen LogP contribution is 2.28. The average molecular weight is 293 g/mol. The fourth-order valence-electron chi connectivity index (χ4n) is 3.71. The Morgan fingerprint density at radius 2 is 2.14 bits per heavy atom. The zero-order valence-corrected chi connectivity index (χ0v) is 13.2. The van der Waals surface area contributed by atoms with Crippen molar-refractivity contribution in [3.05, 3.63) is 17.5 Å². The molecular weight excluding hydrogens is 266 g/mol. The summed E-state index contributed by atoms with van der Waals surface area (Å²) in [5, 5.41) is 4.47. The lowest BCUT2D eigenvalue weighted by Crippen LogP contribution is -2.45. The Morgan fingerprint density at radius 3 is 2.76 bits per heavy atom. The second-order valence-electron chi connectivity index (χ2n) is 6.18. The molecule has 0 aromatic carbocycles. The number of nitrogens with zero attached hydrogens (tertiary/aromatic N) is 4. The summed E-state index contributed by atoms with van der Waals surface area (Å²) in [6.45, 7) is 8.84. The van der Waals surface area contributed by atoms with Crippen molar-refractivity contribution in [2.45, 2.75) is 25.4 Å². The van der Waals surface area contributed by atoms with Crippen LogP contribution >= 0.6 is 0 Å². The number of morpholine rings is 1. The quantitative estimate of drug-likeness (QED) is 0.855. The highest BCUT2D eigenvalue weighted by Gasteiger charge is 2.33. The predicted molar refractivity (Wildman–Crippen MR) is 82.1 cm³/mol. The minimum Gasteiger partial charge on any atom is -0.379 e. The standard InChI is InChI=1S/C15H27N5O/c1-12-14(11-18(2)17-12)15(9-16)20-4-3-13(10-20)19-5-7-21-8-6-19/h11,13,15H,3-10,16H2,1-2H3. The van der Waals surface area contributed by atoms with Crippen LogP contribution in [0.15, 0.2) is 6.20 Å². The lowest BCUT2D eigenvalue weighted by molar-refractivity contribution is 0.0176. The van der Waals surface area contributed by atoms with Crippen LogP contribution in [0.5, 0.6) is 0 Å². The number of aryl methyl sites for hydroxylation is 2. The fourth-order valence-corrected chi connectivity index (χ4v) is 3.71. The van der Waals surface area contributed by atoms with Gasteiger partial charge >= 0.3 is 0 Å². The van der Waals surface area contributed by atoms with Gasteiger partial charge in [-0.3, -0.25) is 14.5 Å². The van der Waals surface area contributed by atoms with E-state index in [2.05, 4.69) is 28.0 Å². The molecule has 0 radical (unpaired) electrons. The molecular formula is C15H27N5O. The van der Waals surface area contributed by atoms with Crippen molar-refractivity contribution >= 4 is 0 Å². The van der Waals surface area contributed by atoms with Crippen LogP contribution in [0.25, 0.3) is 0 Å². The van der Waals surface area contributed by atoms with Gasteiger partial charge in [-0.2, -0.15) is 5.10 Å². The van der Waals surface area contributed by atoms with Crippen LogP contribution in [-0.2, 0) is 11.8 Å². The van der Waals surface area contributed by atoms with Gasteiger partial charge in [0.1, 0.15) is 0 Å². The van der Waals surface area contributed by atoms with E-state index in [1.165, 1.54) is 12.0 Å². The van der Waals surface area contributed by atoms with Gasteiger partial charge in [-0.25, -0.2) is 0 Å². The zero-order valence-electron chi connectivity index (χ0n) is 13.2. The van der Waals surface area contributed by atoms with E-state index in [1.54, 1.807) is 0 Å². The molecule has 2 N–H and O–H groups in total. The first-order valence-corrected chi connectivity index (χ1v) is 7.95. The summed E-state index contributed by atoms with van der Waals surface area (Å²) in [5.74, 6) is 0. The van der Waals surface area contributed by atoms with Crippen LogP contribution in [0.3, 0.4) is 0 Å². The number of rotatable bonds is 4. The maximum Gasteiger partial charge on any atom is 0.0641 e. The SMILES string of the molecule is Cc1nn(C)cc1C(CN)N1CCC(N2CCOCC2)C1. The normalized spacial score (nSPS) is 26.3. The third kappa shape index (κ3) is 3.13. The van der Waals surface area contributed by atoms with Gasteiger partial charge in [-0.1, -0.05) is 0 Å². The lowest BCUT2D eigenvalue weighted by atomic mass is 10.1. The molecule has 118 valence electrons. The summed E-state index contributed by atoms with van der Waals surface area (Å²) in [5.41, 5.74) is 8.45. The number of aromatic nitrogens is 2. The van der Waals surface area contributed by atoms with Gasteiger partial charge in [0.25, 0.3) is 0 Å². The summed E-state index contributed by atoms with van der Waals surface area (Å²) in [6, 6.07) is 0.949. The third-order valence-corrected chi connectivity index (χ3v) is 4.83. The molecule has 0 aliphatic carbocycles. The van der Waals surface area contributed by atoms with Gasteiger partial charge in [0, 0.05) is 57.6 Å². The van der Waals surface area contributed by atoms with E-state index in [-0.39, 0.29) is 0 Å². The summed E-state index contributed by atoms with van der Waals surface area (Å²) in [7, 11) is 1.98. The van der Waals surface area contributed by atoms with Crippen molar-refractivity contribution < 1.29 is 4.74 Å². The first-order chi connectivity index (χ1) is 10.2. The highest BCUT2D eigenvalue weighted by atomic mass is 16.5. The lowest BCUT2D eigenvalue weighted by Gasteiger charge is -2.33. The largest absolute Gasteiger partial charge is 0.379 e. The van der Waals surface area contributed by atoms with E-state index in [1.807, 2.05) is 11.7 Å². The van der Waals surface area contributed by atoms with Crippen molar-refractivity contribution in [1.82, 2.24) is 19.6 Å². The highest BCUT2D eigenvalue weighted by molar-refractivity contribution is 5.21. The maximum atomic E-state index is 6.07. The van der Waals surface area contributed by atoms with E-state index < -0.39 is 0 Å². The number of nitrogens with two attached hydrogens (primary N) is 1. The molecule has 2 saturated heterocycles. The van der Waals surface area contributed by atoms with Crippen molar-refractivity contribution in [2.75, 3.05) is 45.9 Å². The van der Waals surface area contributed by atoms with Crippen molar-refractivity contribution in [3.63, 3.8) is 0 Å². The van der Waals surface area contributed by atoms with Gasteiger partial charge in [0.05, 0.1) is 24.9 Å². The average Bonchev–Trinajstić information content (AvgIpc) is 3.09. The molecule has 2 atom stereocenters. The molecule has 2 fully saturated rings. The van der Waals surface area contributed by atoms with E-state index in [4.69, 9.17) is 10.5 Å². The van der Waals surface area contributed by atoms with Gasteiger partial charge in [0.2, 0.25) is 0 Å². The van der Waals surface area contributed by atoms with E-state index >= 15 is 0 Å². The predicted octanol–water partition coefficient (Wildman–Crippen LogP) is 0.135. The van der Waals surface area contributed by atoms with Crippen LogP contribution < -0.4 is 5.73 Å². The molecule has 0 bridgehead atoms. The Morgan fingerprint density at radius 1 is 1.38 bits per heavy atom. The molecule has 2 aliphatic rings. The van der Waals surface area contributed by atoms with Crippen molar-refractivity contribution in [3.8, 4) is 0 Å². The summed E-state index contributed by atoms with van der Waals surface area (Å²) >= 11 is 0. The number of hydrogen-bond donors (Lipinski definition) is 1. The number of likely N-dealkylation sites (tertiary alicyclic amines) is 1. The summed E-state index contributed by atoms with van der Waals surface area (Å²) < 4.78 is 7.35. The van der Waals surface area contributed by atoms with Crippen LogP contribution in [0.4, 0.5) is 0 Å². The molecule has 0 saturated carbocycles. The molecule has 6 nitrogen and oxygen atoms in total. The topological polar surface area (TPSA) is 59.6 Å². The van der Waals surface area contributed by atoms with Gasteiger partial charge < -0.3 is 10.5 Å². The third-order valence-electron chi connectivity index (χ3n) is 4.83. The molecule has 0 spiro atoms. The van der Waals surface area contributed by atoms with Crippen LogP contribution in [0, 0.1) is 6.92 Å². The minimum atomic E-state index is 0.296. The van der Waals surface area contributed by atoms with E-state index in [9.17, 15) is 0 Å². The zero-order chi connectivity index (χ0) is 14.8. The smallest absolute Gasteiger partial charge is 0.0641 e. The monoisotopic (exact) mass is 293 g/mol. The minimum absolute atomic E-state index is 0.296. The molecule has 6 heteroatoms. The van der Waals surface area contributed by atoms with Crippen molar-refractivity contribution in [2.24, 2.45) is 12.8 Å². The Kier molecular flexibility index (Phi) is 4.59. The fraction of sp³-hybridized carbons (Fsp3) is 0.800. The Bertz CT molecular complexity index is 469. The molecule has 1 aromatic heterocycles. The van der Waals surface area contributed by atoms with Crippen LogP contribution in [0.1, 0.15) is 23.7 Å². The molecule has 3 rings (SSSR count). The van der Waals surface area contributed by atoms with Crippen molar-refractivity contribution in [1.29, 1.82) is 0 Å². The summed E-state index contributed by atoms with van der Waals surface area (Å²) in [4.78, 5) is 5.11. The molecule has 0 amide bonds. The summed E-state index contributed by atoms with van der Waals surface area (Å²) in [6.07, 6.45) is 3.35. The Balaban J connectivity index is 1.67. The van der Waals surface area contributed by atoms with Crippen LogP contribution in [0.2, 0.25) is 0 Å². The van der Waals surface area contributed by atoms with E-state index in [0.717, 1.165) is 45.1 Å². The van der Waals surface area contributed by atoms with Gasteiger partial charge in [-0.05, 0) is 13.3 Å². The van der Waals surface area contributed by atoms with E-state index in [0.29, 0.717) is 18.6 Å². The second kappa shape index (κ2) is 6.44. The number of hydrogen-bond acceptors (Lipinski definition) is 5. The Labute approximate surface area is 126 Å². The Hall–Kier alpha value is -0.950. The first kappa shape index (κ1) is 15.0. The van der Waals surface area contributed by atoms with Crippen LogP contribution in [-0.4, -0.2) is 71.6 Å². The van der Waals surface area contributed by atoms with Gasteiger partial charge in [0.15, 0.2) is 0 Å². The molecule has 1 aromatic rings. The molecule has 21 heavy (non-hydrogen) atoms.